The zero-order chi connectivity index (χ0) is 13.0. The molecule has 0 rings (SSSR count). The minimum Gasteiger partial charge on any atom is -0.480 e. The summed E-state index contributed by atoms with van der Waals surface area (Å²) < 4.78 is 45.6. The van der Waals surface area contributed by atoms with Crippen molar-refractivity contribution in [2.75, 3.05) is 17.9 Å². The third kappa shape index (κ3) is 6.71. The summed E-state index contributed by atoms with van der Waals surface area (Å²) in [6.45, 7) is -0.529. The molecule has 8 nitrogen and oxygen atoms in total. The molecule has 0 aromatic heterocycles. The Morgan fingerprint density at radius 1 is 1.31 bits per heavy atom. The van der Waals surface area contributed by atoms with E-state index in [9.17, 15) is 21.6 Å². The number of aliphatic hydroxyl groups excluding tert-OH is 1. The molecule has 1 atom stereocenters. The van der Waals surface area contributed by atoms with Gasteiger partial charge >= 0.3 is 5.97 Å². The molecule has 0 heterocycles. The highest BCUT2D eigenvalue weighted by molar-refractivity contribution is 8.06. The molecule has 0 radical (unpaired) electrons. The lowest BCUT2D eigenvalue weighted by Crippen LogP contribution is -2.43. The Labute approximate surface area is 93.2 Å². The highest BCUT2D eigenvalue weighted by Crippen LogP contribution is 1.98. The lowest BCUT2D eigenvalue weighted by Gasteiger charge is -2.12. The van der Waals surface area contributed by atoms with Crippen LogP contribution in [0.1, 0.15) is 6.42 Å². The summed E-state index contributed by atoms with van der Waals surface area (Å²) in [6, 6.07) is -1.53. The summed E-state index contributed by atoms with van der Waals surface area (Å²) in [5.74, 6) is -1.48. The largest absolute Gasteiger partial charge is 0.480 e. The molecule has 96 valence electrons. The number of carboxylic acids is 1. The van der Waals surface area contributed by atoms with Gasteiger partial charge in [-0.3, -0.25) is 4.79 Å². The van der Waals surface area contributed by atoms with Gasteiger partial charge in [-0.15, -0.1) is 0 Å². The predicted molar refractivity (Wildman–Crippen MR) is 54.9 cm³/mol. The van der Waals surface area contributed by atoms with E-state index >= 15 is 0 Å². The van der Waals surface area contributed by atoms with E-state index in [0.717, 1.165) is 0 Å². The summed E-state index contributed by atoms with van der Waals surface area (Å²) in [6.07, 6.45) is 0.381. The monoisotopic (exact) mass is 275 g/mol. The maximum atomic E-state index is 11.2. The van der Waals surface area contributed by atoms with E-state index in [-0.39, 0.29) is 6.42 Å². The van der Waals surface area contributed by atoms with Crippen molar-refractivity contribution >= 4 is 25.8 Å². The van der Waals surface area contributed by atoms with E-state index in [1.54, 1.807) is 4.72 Å². The van der Waals surface area contributed by atoms with Gasteiger partial charge in [-0.2, -0.15) is 4.72 Å². The Morgan fingerprint density at radius 2 is 1.81 bits per heavy atom. The molecular weight excluding hydrogens is 262 g/mol. The van der Waals surface area contributed by atoms with Crippen molar-refractivity contribution in [1.82, 2.24) is 4.72 Å². The smallest absolute Gasteiger partial charge is 0.321 e. The van der Waals surface area contributed by atoms with Gasteiger partial charge in [0.1, 0.15) is 6.04 Å². The van der Waals surface area contributed by atoms with Crippen LogP contribution in [0, 0.1) is 0 Å². The van der Waals surface area contributed by atoms with Crippen LogP contribution in [0.5, 0.6) is 0 Å². The fraction of sp³-hybridized carbons (Fsp3) is 0.833. The zero-order valence-electron chi connectivity index (χ0n) is 8.45. The number of sulfone groups is 1. The number of aliphatic hydroxyl groups is 1. The Hall–Kier alpha value is -0.710. The summed E-state index contributed by atoms with van der Waals surface area (Å²) >= 11 is 0. The Balaban J connectivity index is 4.74. The van der Waals surface area contributed by atoms with Crippen LogP contribution >= 0.6 is 0 Å². The summed E-state index contributed by atoms with van der Waals surface area (Å²) in [7, 11) is -8.01. The molecule has 0 spiro atoms. The molecule has 3 N–H and O–H groups in total. The molecule has 1 unspecified atom stereocenters. The van der Waals surface area contributed by atoms with Crippen LogP contribution in [0.25, 0.3) is 0 Å². The lowest BCUT2D eigenvalue weighted by molar-refractivity contribution is -0.139. The van der Waals surface area contributed by atoms with Gasteiger partial charge in [0.05, 0.1) is 0 Å². The Kier molecular flexibility index (Phi) is 5.32. The molecule has 0 bridgehead atoms. The zero-order valence-corrected chi connectivity index (χ0v) is 10.1. The van der Waals surface area contributed by atoms with E-state index in [0.29, 0.717) is 6.26 Å². The average Bonchev–Trinajstić information content (AvgIpc) is 1.97. The van der Waals surface area contributed by atoms with Crippen LogP contribution < -0.4 is 4.72 Å². The predicted octanol–water partition coefficient (Wildman–Crippen LogP) is -2.26. The molecule has 0 aliphatic heterocycles. The van der Waals surface area contributed by atoms with E-state index < -0.39 is 43.6 Å². The van der Waals surface area contributed by atoms with Crippen LogP contribution in [0.2, 0.25) is 0 Å². The maximum absolute atomic E-state index is 11.2. The van der Waals surface area contributed by atoms with Gasteiger partial charge in [0.2, 0.25) is 10.0 Å². The van der Waals surface area contributed by atoms with Crippen molar-refractivity contribution in [2.24, 2.45) is 0 Å². The van der Waals surface area contributed by atoms with Crippen molar-refractivity contribution < 1.29 is 31.8 Å². The maximum Gasteiger partial charge on any atom is 0.321 e. The fourth-order valence-electron chi connectivity index (χ4n) is 0.895. The number of carbonyl (C=O) groups is 1. The number of rotatable bonds is 7. The first-order valence-corrected chi connectivity index (χ1v) is 7.80. The molecule has 10 heteroatoms. The summed E-state index contributed by atoms with van der Waals surface area (Å²) in [5.41, 5.74) is 0. The first-order valence-electron chi connectivity index (χ1n) is 4.09. The van der Waals surface area contributed by atoms with Crippen molar-refractivity contribution in [1.29, 1.82) is 0 Å². The summed E-state index contributed by atoms with van der Waals surface area (Å²) in [4.78, 5) is 10.5. The molecule has 0 aromatic rings. The van der Waals surface area contributed by atoms with Gasteiger partial charge < -0.3 is 10.2 Å². The third-order valence-electron chi connectivity index (χ3n) is 1.41. The van der Waals surface area contributed by atoms with E-state index in [1.807, 2.05) is 0 Å². The Bertz CT molecular complexity index is 437. The molecule has 0 aliphatic rings. The van der Waals surface area contributed by atoms with Crippen molar-refractivity contribution in [3.8, 4) is 0 Å². The van der Waals surface area contributed by atoms with Crippen LogP contribution in [-0.4, -0.2) is 57.0 Å². The van der Waals surface area contributed by atoms with Crippen LogP contribution in [0.3, 0.4) is 0 Å². The number of carboxylic acid groups (broad SMARTS) is 1. The third-order valence-corrected chi connectivity index (χ3v) is 5.00. The number of nitrogens with one attached hydrogen (secondary N) is 1. The van der Waals surface area contributed by atoms with Gasteiger partial charge in [-0.1, -0.05) is 0 Å². The first-order chi connectivity index (χ1) is 7.07. The highest BCUT2D eigenvalue weighted by atomic mass is 32.3. The van der Waals surface area contributed by atoms with Gasteiger partial charge in [-0.25, -0.2) is 16.8 Å². The number of sulfonamides is 1. The van der Waals surface area contributed by atoms with Crippen LogP contribution in [0.4, 0.5) is 0 Å². The van der Waals surface area contributed by atoms with Gasteiger partial charge in [0.15, 0.2) is 14.9 Å². The van der Waals surface area contributed by atoms with Crippen molar-refractivity contribution in [2.45, 2.75) is 12.5 Å². The normalized spacial score (nSPS) is 14.6. The van der Waals surface area contributed by atoms with Gasteiger partial charge in [0.25, 0.3) is 0 Å². The van der Waals surface area contributed by atoms with Gasteiger partial charge in [-0.05, 0) is 6.42 Å². The minimum atomic E-state index is -4.24. The standard InChI is InChI=1S/C6H13NO7S2/c1-15(11,12)4-16(13,14)7-5(2-3-8)6(9)10/h5,7-8H,2-4H2,1H3,(H,9,10). The number of hydrogen-bond donors (Lipinski definition) is 3. The number of hydrogen-bond acceptors (Lipinski definition) is 6. The van der Waals surface area contributed by atoms with E-state index in [4.69, 9.17) is 10.2 Å². The Morgan fingerprint density at radius 3 is 2.12 bits per heavy atom. The topological polar surface area (TPSA) is 138 Å². The van der Waals surface area contributed by atoms with Crippen LogP contribution in [-0.2, 0) is 24.7 Å². The molecule has 0 amide bonds. The molecule has 0 aromatic carbocycles. The quantitative estimate of drug-likeness (QED) is 0.477. The second kappa shape index (κ2) is 5.57. The second-order valence-corrected chi connectivity index (χ2v) is 7.44. The number of aliphatic carboxylic acids is 1. The van der Waals surface area contributed by atoms with Crippen LogP contribution in [0.15, 0.2) is 0 Å². The first kappa shape index (κ1) is 15.3. The molecule has 16 heavy (non-hydrogen) atoms. The average molecular weight is 275 g/mol. The minimum absolute atomic E-state index is 0.335. The molecule has 0 saturated carbocycles. The van der Waals surface area contributed by atoms with E-state index in [2.05, 4.69) is 0 Å². The van der Waals surface area contributed by atoms with Gasteiger partial charge in [0, 0.05) is 12.9 Å². The molecule has 0 saturated heterocycles. The SMILES string of the molecule is CS(=O)(=O)CS(=O)(=O)NC(CCO)C(=O)O. The molecule has 0 aliphatic carbocycles. The fourth-order valence-corrected chi connectivity index (χ4v) is 4.07. The summed E-state index contributed by atoms with van der Waals surface area (Å²) in [5, 5.41) is 15.9. The van der Waals surface area contributed by atoms with E-state index in [1.165, 1.54) is 0 Å². The lowest BCUT2D eigenvalue weighted by atomic mass is 10.2. The highest BCUT2D eigenvalue weighted by Gasteiger charge is 2.26. The van der Waals surface area contributed by atoms with Crippen molar-refractivity contribution in [3.05, 3.63) is 0 Å². The molecule has 0 fully saturated rings. The second-order valence-electron chi connectivity index (χ2n) is 3.18. The molecular formula is C6H13NO7S2. The van der Waals surface area contributed by atoms with Crippen molar-refractivity contribution in [3.63, 3.8) is 0 Å².